The van der Waals surface area contributed by atoms with Gasteiger partial charge in [0.2, 0.25) is 5.91 Å². The molecule has 1 heterocycles. The summed E-state index contributed by atoms with van der Waals surface area (Å²) in [6, 6.07) is 29.0. The Bertz CT molecular complexity index is 1840. The molecule has 5 rings (SSSR count). The first-order valence-corrected chi connectivity index (χ1v) is 15.5. The van der Waals surface area contributed by atoms with Crippen LogP contribution >= 0.6 is 23.1 Å². The standard InChI is InChI=1S/C34H30N4O4S2/c1-21-13-18-27-30(19-21)44-34(37-27)38-31(39)22(2)43-26-16-14-25(15-17-26)35-33(41)28(20-24-11-7-8-12-29(24)42-3)36-32(40)23-9-5-4-6-10-23/h4-20,22H,1-3H3,(H,35,41)(H,36,40)(H,37,38,39)/b28-20-. The number of aromatic nitrogens is 1. The van der Waals surface area contributed by atoms with E-state index in [0.717, 1.165) is 20.7 Å². The van der Waals surface area contributed by atoms with Gasteiger partial charge in [0.05, 0.1) is 22.6 Å². The number of carbonyl (C=O) groups excluding carboxylic acids is 3. The average Bonchev–Trinajstić information content (AvgIpc) is 3.43. The number of amides is 3. The topological polar surface area (TPSA) is 109 Å². The van der Waals surface area contributed by atoms with E-state index in [-0.39, 0.29) is 16.9 Å². The van der Waals surface area contributed by atoms with Gasteiger partial charge in [0.25, 0.3) is 11.8 Å². The second kappa shape index (κ2) is 14.0. The number of thioether (sulfide) groups is 1. The van der Waals surface area contributed by atoms with E-state index in [2.05, 4.69) is 27.0 Å². The number of rotatable bonds is 10. The van der Waals surface area contributed by atoms with Gasteiger partial charge >= 0.3 is 0 Å². The molecule has 8 nitrogen and oxygen atoms in total. The van der Waals surface area contributed by atoms with Crippen molar-refractivity contribution in [2.24, 2.45) is 0 Å². The third kappa shape index (κ3) is 7.71. The number of nitrogens with zero attached hydrogens (tertiary/aromatic N) is 1. The molecule has 0 bridgehead atoms. The van der Waals surface area contributed by atoms with Crippen molar-refractivity contribution in [1.29, 1.82) is 0 Å². The highest BCUT2D eigenvalue weighted by molar-refractivity contribution is 8.00. The van der Waals surface area contributed by atoms with Gasteiger partial charge in [-0.3, -0.25) is 14.4 Å². The summed E-state index contributed by atoms with van der Waals surface area (Å²) in [5.41, 5.74) is 3.63. The molecular formula is C34H30N4O4S2. The second-order valence-electron chi connectivity index (χ2n) is 9.84. The summed E-state index contributed by atoms with van der Waals surface area (Å²) in [7, 11) is 1.54. The van der Waals surface area contributed by atoms with Crippen LogP contribution in [0.4, 0.5) is 10.8 Å². The fourth-order valence-electron chi connectivity index (χ4n) is 4.25. The molecule has 0 saturated carbocycles. The zero-order chi connectivity index (χ0) is 31.1. The minimum absolute atomic E-state index is 0.0529. The van der Waals surface area contributed by atoms with Crippen molar-refractivity contribution in [2.75, 3.05) is 17.7 Å². The van der Waals surface area contributed by atoms with E-state index in [4.69, 9.17) is 4.74 Å². The third-order valence-electron chi connectivity index (χ3n) is 6.54. The summed E-state index contributed by atoms with van der Waals surface area (Å²) >= 11 is 2.84. The van der Waals surface area contributed by atoms with Crippen molar-refractivity contribution >= 4 is 67.9 Å². The fourth-order valence-corrected chi connectivity index (χ4v) is 6.08. The molecule has 1 aromatic heterocycles. The molecule has 0 spiro atoms. The SMILES string of the molecule is COc1ccccc1/C=C(\NC(=O)c1ccccc1)C(=O)Nc1ccc(SC(C)C(=O)Nc2nc3ccc(C)cc3s2)cc1. The fraction of sp³-hybridized carbons (Fsp3) is 0.118. The first kappa shape index (κ1) is 30.5. The molecule has 10 heteroatoms. The van der Waals surface area contributed by atoms with Crippen molar-refractivity contribution in [3.05, 3.63) is 119 Å². The van der Waals surface area contributed by atoms with Crippen LogP contribution in [0.25, 0.3) is 16.3 Å². The number of anilines is 2. The zero-order valence-electron chi connectivity index (χ0n) is 24.3. The number of fused-ring (bicyclic) bond motifs is 1. The summed E-state index contributed by atoms with van der Waals surface area (Å²) in [6.45, 7) is 3.85. The van der Waals surface area contributed by atoms with E-state index < -0.39 is 11.8 Å². The van der Waals surface area contributed by atoms with Gasteiger partial charge in [-0.15, -0.1) is 11.8 Å². The number of thiazole rings is 1. The molecular weight excluding hydrogens is 593 g/mol. The van der Waals surface area contributed by atoms with Crippen LogP contribution in [-0.2, 0) is 9.59 Å². The number of nitrogens with one attached hydrogen (secondary N) is 3. The summed E-state index contributed by atoms with van der Waals surface area (Å²) in [6.07, 6.45) is 1.58. The molecule has 0 aliphatic heterocycles. The van der Waals surface area contributed by atoms with Crippen molar-refractivity contribution in [2.45, 2.75) is 24.0 Å². The van der Waals surface area contributed by atoms with Crippen LogP contribution in [0.5, 0.6) is 5.75 Å². The van der Waals surface area contributed by atoms with Crippen molar-refractivity contribution in [3.8, 4) is 5.75 Å². The minimum atomic E-state index is -0.501. The molecule has 0 aliphatic rings. The van der Waals surface area contributed by atoms with E-state index in [1.54, 1.807) is 61.7 Å². The summed E-state index contributed by atoms with van der Waals surface area (Å²) in [5.74, 6) is -0.505. The maximum Gasteiger partial charge on any atom is 0.272 e. The van der Waals surface area contributed by atoms with Gasteiger partial charge in [-0.2, -0.15) is 0 Å². The van der Waals surface area contributed by atoms with Crippen LogP contribution in [0.15, 0.2) is 108 Å². The Morgan fingerprint density at radius 1 is 0.909 bits per heavy atom. The Balaban J connectivity index is 1.25. The minimum Gasteiger partial charge on any atom is -0.496 e. The largest absolute Gasteiger partial charge is 0.496 e. The number of benzene rings is 4. The molecule has 0 saturated heterocycles. The van der Waals surface area contributed by atoms with E-state index in [0.29, 0.717) is 27.7 Å². The number of aryl methyl sites for hydroxylation is 1. The van der Waals surface area contributed by atoms with Gasteiger partial charge < -0.3 is 20.7 Å². The van der Waals surface area contributed by atoms with Crippen LogP contribution in [0, 0.1) is 6.92 Å². The number of para-hydroxylation sites is 1. The highest BCUT2D eigenvalue weighted by Crippen LogP contribution is 2.29. The molecule has 3 N–H and O–H groups in total. The molecule has 5 aromatic rings. The lowest BCUT2D eigenvalue weighted by Crippen LogP contribution is -2.30. The maximum absolute atomic E-state index is 13.4. The number of methoxy groups -OCH3 is 1. The number of carbonyl (C=O) groups is 3. The molecule has 1 unspecified atom stereocenters. The molecule has 4 aromatic carbocycles. The first-order chi connectivity index (χ1) is 21.3. The molecule has 0 aliphatic carbocycles. The Morgan fingerprint density at radius 2 is 1.64 bits per heavy atom. The van der Waals surface area contributed by atoms with Crippen LogP contribution in [0.1, 0.15) is 28.4 Å². The zero-order valence-corrected chi connectivity index (χ0v) is 25.9. The molecule has 3 amide bonds. The lowest BCUT2D eigenvalue weighted by atomic mass is 10.1. The quantitative estimate of drug-likeness (QED) is 0.113. The normalized spacial score (nSPS) is 11.9. The van der Waals surface area contributed by atoms with Crippen molar-refractivity contribution in [1.82, 2.24) is 10.3 Å². The van der Waals surface area contributed by atoms with E-state index in [1.807, 2.05) is 56.3 Å². The monoisotopic (exact) mass is 622 g/mol. The van der Waals surface area contributed by atoms with Crippen molar-refractivity contribution < 1.29 is 19.1 Å². The van der Waals surface area contributed by atoms with Gasteiger partial charge in [-0.25, -0.2) is 4.98 Å². The Labute approximate surface area is 263 Å². The van der Waals surface area contributed by atoms with Gasteiger partial charge in [-0.05, 0) is 80.1 Å². The van der Waals surface area contributed by atoms with Gasteiger partial charge in [0.15, 0.2) is 5.13 Å². The number of hydrogen-bond donors (Lipinski definition) is 3. The molecule has 0 radical (unpaired) electrons. The predicted molar refractivity (Wildman–Crippen MR) is 178 cm³/mol. The second-order valence-corrected chi connectivity index (χ2v) is 12.3. The Morgan fingerprint density at radius 3 is 2.39 bits per heavy atom. The highest BCUT2D eigenvalue weighted by atomic mass is 32.2. The molecule has 44 heavy (non-hydrogen) atoms. The predicted octanol–water partition coefficient (Wildman–Crippen LogP) is 7.14. The molecule has 0 fully saturated rings. The van der Waals surface area contributed by atoms with Crippen LogP contribution in [-0.4, -0.2) is 35.1 Å². The Kier molecular flexibility index (Phi) is 9.73. The van der Waals surface area contributed by atoms with Crippen LogP contribution < -0.4 is 20.7 Å². The van der Waals surface area contributed by atoms with E-state index in [9.17, 15) is 14.4 Å². The molecule has 222 valence electrons. The lowest BCUT2D eigenvalue weighted by Gasteiger charge is -2.13. The van der Waals surface area contributed by atoms with Crippen LogP contribution in [0.2, 0.25) is 0 Å². The van der Waals surface area contributed by atoms with Gasteiger partial charge in [-0.1, -0.05) is 53.8 Å². The maximum atomic E-state index is 13.4. The Hall–Kier alpha value is -4.93. The average molecular weight is 623 g/mol. The molecule has 1 atom stereocenters. The summed E-state index contributed by atoms with van der Waals surface area (Å²) < 4.78 is 6.45. The van der Waals surface area contributed by atoms with Gasteiger partial charge in [0.1, 0.15) is 11.4 Å². The number of hydrogen-bond acceptors (Lipinski definition) is 7. The summed E-state index contributed by atoms with van der Waals surface area (Å²) in [4.78, 5) is 44.5. The van der Waals surface area contributed by atoms with E-state index >= 15 is 0 Å². The summed E-state index contributed by atoms with van der Waals surface area (Å²) in [5, 5.41) is 8.69. The van der Waals surface area contributed by atoms with Crippen LogP contribution in [0.3, 0.4) is 0 Å². The highest BCUT2D eigenvalue weighted by Gasteiger charge is 2.18. The third-order valence-corrected chi connectivity index (χ3v) is 8.58. The van der Waals surface area contributed by atoms with E-state index in [1.165, 1.54) is 23.1 Å². The first-order valence-electron chi connectivity index (χ1n) is 13.8. The van der Waals surface area contributed by atoms with Gasteiger partial charge in [0, 0.05) is 21.7 Å². The van der Waals surface area contributed by atoms with Crippen molar-refractivity contribution in [3.63, 3.8) is 0 Å². The lowest BCUT2D eigenvalue weighted by molar-refractivity contribution is -0.115. The number of ether oxygens (including phenoxy) is 1. The smallest absolute Gasteiger partial charge is 0.272 e.